The zero-order chi connectivity index (χ0) is 13.3. The van der Waals surface area contributed by atoms with Crippen LogP contribution in [0, 0.1) is 19.8 Å². The van der Waals surface area contributed by atoms with Gasteiger partial charge in [0.25, 0.3) is 5.91 Å². The van der Waals surface area contributed by atoms with Crippen molar-refractivity contribution in [1.82, 2.24) is 5.32 Å². The monoisotopic (exact) mass is 251 g/mol. The molecular weight excluding hydrogens is 230 g/mol. The number of carbonyl (C=O) groups is 1. The number of rotatable bonds is 5. The number of hydrogen-bond acceptors (Lipinski definition) is 2. The van der Waals surface area contributed by atoms with Crippen LogP contribution in [0.15, 0.2) is 11.4 Å². The fourth-order valence-electron chi connectivity index (χ4n) is 1.53. The summed E-state index contributed by atoms with van der Waals surface area (Å²) in [6, 6.07) is 2.27. The summed E-state index contributed by atoms with van der Waals surface area (Å²) in [5.41, 5.74) is 1.16. The summed E-state index contributed by atoms with van der Waals surface area (Å²) in [5.74, 6) is 0.0772. The SMILES string of the molecule is C#C.CCCC(CC)NC(=O)c1cc(C)cs1. The van der Waals surface area contributed by atoms with Crippen molar-refractivity contribution in [3.63, 3.8) is 0 Å². The molecule has 1 aromatic rings. The lowest BCUT2D eigenvalue weighted by molar-refractivity contribution is 0.0938. The van der Waals surface area contributed by atoms with Crippen LogP contribution in [0.4, 0.5) is 0 Å². The number of carbonyl (C=O) groups excluding carboxylic acids is 1. The van der Waals surface area contributed by atoms with Crippen LogP contribution in [0.2, 0.25) is 0 Å². The maximum absolute atomic E-state index is 11.8. The summed E-state index contributed by atoms with van der Waals surface area (Å²) in [6.45, 7) is 6.26. The van der Waals surface area contributed by atoms with Gasteiger partial charge in [0.15, 0.2) is 0 Å². The van der Waals surface area contributed by atoms with Crippen LogP contribution < -0.4 is 5.32 Å². The molecule has 1 aromatic heterocycles. The molecular formula is C14H21NOS. The van der Waals surface area contributed by atoms with E-state index in [-0.39, 0.29) is 5.91 Å². The Morgan fingerprint density at radius 3 is 2.53 bits per heavy atom. The minimum absolute atomic E-state index is 0.0772. The zero-order valence-corrected chi connectivity index (χ0v) is 11.6. The maximum Gasteiger partial charge on any atom is 0.261 e. The van der Waals surface area contributed by atoms with Crippen LogP contribution in [-0.2, 0) is 0 Å². The lowest BCUT2D eigenvalue weighted by Gasteiger charge is -2.15. The molecule has 0 bridgehead atoms. The van der Waals surface area contributed by atoms with E-state index in [4.69, 9.17) is 0 Å². The van der Waals surface area contributed by atoms with E-state index in [0.717, 1.165) is 29.7 Å². The van der Waals surface area contributed by atoms with Gasteiger partial charge < -0.3 is 5.32 Å². The molecule has 0 fully saturated rings. The van der Waals surface area contributed by atoms with Gasteiger partial charge in [-0.25, -0.2) is 0 Å². The van der Waals surface area contributed by atoms with Gasteiger partial charge in [0, 0.05) is 6.04 Å². The first-order valence-corrected chi connectivity index (χ1v) is 6.74. The highest BCUT2D eigenvalue weighted by molar-refractivity contribution is 7.12. The van der Waals surface area contributed by atoms with Crippen molar-refractivity contribution >= 4 is 17.2 Å². The molecule has 1 atom stereocenters. The molecule has 1 rings (SSSR count). The van der Waals surface area contributed by atoms with Crippen molar-refractivity contribution in [3.05, 3.63) is 21.9 Å². The summed E-state index contributed by atoms with van der Waals surface area (Å²) in [6.07, 6.45) is 11.2. The van der Waals surface area contributed by atoms with Crippen molar-refractivity contribution < 1.29 is 4.79 Å². The molecule has 0 aliphatic heterocycles. The van der Waals surface area contributed by atoms with Crippen molar-refractivity contribution in [3.8, 4) is 12.8 Å². The average molecular weight is 251 g/mol. The molecule has 0 aromatic carbocycles. The molecule has 0 aliphatic carbocycles. The van der Waals surface area contributed by atoms with E-state index in [1.165, 1.54) is 11.3 Å². The quantitative estimate of drug-likeness (QED) is 0.796. The van der Waals surface area contributed by atoms with Crippen molar-refractivity contribution in [1.29, 1.82) is 0 Å². The third-order valence-electron chi connectivity index (χ3n) is 2.42. The van der Waals surface area contributed by atoms with Gasteiger partial charge in [0.1, 0.15) is 0 Å². The summed E-state index contributed by atoms with van der Waals surface area (Å²) in [5, 5.41) is 5.08. The second-order valence-electron chi connectivity index (χ2n) is 3.86. The molecule has 0 saturated heterocycles. The zero-order valence-electron chi connectivity index (χ0n) is 10.8. The summed E-state index contributed by atoms with van der Waals surface area (Å²) in [4.78, 5) is 12.6. The smallest absolute Gasteiger partial charge is 0.261 e. The number of nitrogens with one attached hydrogen (secondary N) is 1. The Morgan fingerprint density at radius 2 is 2.12 bits per heavy atom. The fourth-order valence-corrected chi connectivity index (χ4v) is 2.33. The van der Waals surface area contributed by atoms with Gasteiger partial charge in [0.05, 0.1) is 4.88 Å². The molecule has 1 heterocycles. The van der Waals surface area contributed by atoms with Crippen LogP contribution in [0.5, 0.6) is 0 Å². The van der Waals surface area contributed by atoms with Crippen molar-refractivity contribution in [2.75, 3.05) is 0 Å². The van der Waals surface area contributed by atoms with E-state index >= 15 is 0 Å². The number of amides is 1. The minimum Gasteiger partial charge on any atom is -0.349 e. The minimum atomic E-state index is 0.0772. The van der Waals surface area contributed by atoms with E-state index in [2.05, 4.69) is 32.0 Å². The Morgan fingerprint density at radius 1 is 1.47 bits per heavy atom. The van der Waals surface area contributed by atoms with E-state index in [1.54, 1.807) is 0 Å². The second kappa shape index (κ2) is 8.83. The van der Waals surface area contributed by atoms with Crippen LogP contribution in [0.1, 0.15) is 48.3 Å². The first-order valence-electron chi connectivity index (χ1n) is 5.86. The van der Waals surface area contributed by atoms with Crippen molar-refractivity contribution in [2.45, 2.75) is 46.1 Å². The third kappa shape index (κ3) is 5.55. The Balaban J connectivity index is 0.00000121. The van der Waals surface area contributed by atoms with E-state index < -0.39 is 0 Å². The van der Waals surface area contributed by atoms with Crippen LogP contribution >= 0.6 is 11.3 Å². The number of aryl methyl sites for hydroxylation is 1. The molecule has 0 spiro atoms. The fraction of sp³-hybridized carbons (Fsp3) is 0.500. The van der Waals surface area contributed by atoms with Gasteiger partial charge in [-0.2, -0.15) is 0 Å². The molecule has 94 valence electrons. The molecule has 0 aliphatic rings. The highest BCUT2D eigenvalue weighted by Gasteiger charge is 2.12. The molecule has 17 heavy (non-hydrogen) atoms. The Bertz CT molecular complexity index is 354. The van der Waals surface area contributed by atoms with Gasteiger partial charge in [-0.05, 0) is 36.8 Å². The van der Waals surface area contributed by atoms with Crippen molar-refractivity contribution in [2.24, 2.45) is 0 Å². The predicted octanol–water partition coefficient (Wildman–Crippen LogP) is 3.61. The Kier molecular flexibility index (Phi) is 8.17. The lowest BCUT2D eigenvalue weighted by atomic mass is 10.1. The first-order chi connectivity index (χ1) is 8.17. The predicted molar refractivity (Wildman–Crippen MR) is 75.4 cm³/mol. The largest absolute Gasteiger partial charge is 0.349 e. The van der Waals surface area contributed by atoms with E-state index in [1.807, 2.05) is 18.4 Å². The highest BCUT2D eigenvalue weighted by Crippen LogP contribution is 2.14. The Hall–Kier alpha value is -1.27. The normalized spacial score (nSPS) is 11.1. The van der Waals surface area contributed by atoms with Crippen LogP contribution in [0.25, 0.3) is 0 Å². The van der Waals surface area contributed by atoms with Gasteiger partial charge in [-0.15, -0.1) is 24.2 Å². The number of hydrogen-bond donors (Lipinski definition) is 1. The lowest BCUT2D eigenvalue weighted by Crippen LogP contribution is -2.33. The average Bonchev–Trinajstić information content (AvgIpc) is 2.78. The standard InChI is InChI=1S/C12H19NOS.C2H2/c1-4-6-10(5-2)13-12(14)11-7-9(3)8-15-11;1-2/h7-8,10H,4-6H2,1-3H3,(H,13,14);1-2H. The summed E-state index contributed by atoms with van der Waals surface area (Å²) in [7, 11) is 0. The van der Waals surface area contributed by atoms with Gasteiger partial charge in [0.2, 0.25) is 0 Å². The first kappa shape index (κ1) is 15.7. The molecule has 0 radical (unpaired) electrons. The maximum atomic E-state index is 11.8. The second-order valence-corrected chi connectivity index (χ2v) is 4.77. The molecule has 1 amide bonds. The molecule has 0 saturated carbocycles. The topological polar surface area (TPSA) is 29.1 Å². The third-order valence-corrected chi connectivity index (χ3v) is 3.47. The van der Waals surface area contributed by atoms with Gasteiger partial charge >= 0.3 is 0 Å². The number of thiophene rings is 1. The summed E-state index contributed by atoms with van der Waals surface area (Å²) >= 11 is 1.52. The van der Waals surface area contributed by atoms with E-state index in [0.29, 0.717) is 6.04 Å². The molecule has 2 nitrogen and oxygen atoms in total. The van der Waals surface area contributed by atoms with Gasteiger partial charge in [-0.3, -0.25) is 4.79 Å². The molecule has 1 N–H and O–H groups in total. The van der Waals surface area contributed by atoms with Crippen LogP contribution in [0.3, 0.4) is 0 Å². The number of terminal acetylenes is 1. The van der Waals surface area contributed by atoms with E-state index in [9.17, 15) is 4.79 Å². The molecule has 1 unspecified atom stereocenters. The Labute approximate surface area is 108 Å². The highest BCUT2D eigenvalue weighted by atomic mass is 32.1. The van der Waals surface area contributed by atoms with Gasteiger partial charge in [-0.1, -0.05) is 20.3 Å². The molecule has 3 heteroatoms. The summed E-state index contributed by atoms with van der Waals surface area (Å²) < 4.78 is 0. The van der Waals surface area contributed by atoms with Crippen LogP contribution in [-0.4, -0.2) is 11.9 Å².